The summed E-state index contributed by atoms with van der Waals surface area (Å²) in [6.45, 7) is 1.50. The van der Waals surface area contributed by atoms with Gasteiger partial charge < -0.3 is 15.5 Å². The van der Waals surface area contributed by atoms with Gasteiger partial charge in [-0.15, -0.1) is 0 Å². The van der Waals surface area contributed by atoms with Gasteiger partial charge in [-0.25, -0.2) is 9.78 Å². The number of anilines is 1. The Balaban J connectivity index is 2.94. The molecule has 0 fully saturated rings. The van der Waals surface area contributed by atoms with Crippen LogP contribution in [0.1, 0.15) is 12.0 Å². The lowest BCUT2D eigenvalue weighted by Crippen LogP contribution is -2.32. The molecule has 1 aromatic rings. The smallest absolute Gasteiger partial charge is 0.326 e. The predicted molar refractivity (Wildman–Crippen MR) is 62.9 cm³/mol. The zero-order valence-electron chi connectivity index (χ0n) is 9.86. The number of rotatable bonds is 6. The first-order chi connectivity index (χ1) is 8.81. The van der Waals surface area contributed by atoms with E-state index in [0.29, 0.717) is 5.56 Å². The number of carboxylic acid groups (broad SMARTS) is 2. The Morgan fingerprint density at radius 3 is 2.58 bits per heavy atom. The fourth-order valence-electron chi connectivity index (χ4n) is 1.35. The Morgan fingerprint density at radius 1 is 1.53 bits per heavy atom. The largest absolute Gasteiger partial charge is 0.481 e. The van der Waals surface area contributed by atoms with Crippen LogP contribution in [0.15, 0.2) is 12.3 Å². The lowest BCUT2D eigenvalue weighted by molar-refractivity contribution is -0.385. The first-order valence-electron chi connectivity index (χ1n) is 5.13. The molecule has 0 saturated carbocycles. The number of hydrogen-bond acceptors (Lipinski definition) is 6. The van der Waals surface area contributed by atoms with Crippen molar-refractivity contribution in [2.45, 2.75) is 19.4 Å². The fourth-order valence-corrected chi connectivity index (χ4v) is 1.35. The highest BCUT2D eigenvalue weighted by atomic mass is 16.6. The van der Waals surface area contributed by atoms with Gasteiger partial charge in [-0.3, -0.25) is 14.9 Å². The molecular formula is C10H11N3O6. The average molecular weight is 269 g/mol. The third-order valence-electron chi connectivity index (χ3n) is 2.26. The molecule has 0 aromatic carbocycles. The third kappa shape index (κ3) is 3.91. The van der Waals surface area contributed by atoms with Crippen molar-refractivity contribution in [1.82, 2.24) is 4.98 Å². The second kappa shape index (κ2) is 5.76. The number of aryl methyl sites for hydroxylation is 1. The first kappa shape index (κ1) is 14.4. The van der Waals surface area contributed by atoms with Crippen molar-refractivity contribution in [2.75, 3.05) is 5.32 Å². The van der Waals surface area contributed by atoms with Gasteiger partial charge in [0.1, 0.15) is 18.1 Å². The molecule has 1 heterocycles. The van der Waals surface area contributed by atoms with E-state index in [-0.39, 0.29) is 11.5 Å². The van der Waals surface area contributed by atoms with Crippen LogP contribution in [0.2, 0.25) is 0 Å². The molecule has 0 spiro atoms. The minimum absolute atomic E-state index is 0.0965. The number of nitrogens with one attached hydrogen (secondary N) is 1. The van der Waals surface area contributed by atoms with Crippen molar-refractivity contribution < 1.29 is 24.7 Å². The van der Waals surface area contributed by atoms with Gasteiger partial charge in [-0.2, -0.15) is 0 Å². The van der Waals surface area contributed by atoms with E-state index in [4.69, 9.17) is 10.2 Å². The van der Waals surface area contributed by atoms with E-state index >= 15 is 0 Å². The van der Waals surface area contributed by atoms with Crippen LogP contribution in [-0.4, -0.2) is 38.1 Å². The molecule has 0 aliphatic rings. The average Bonchev–Trinajstić information content (AvgIpc) is 2.29. The lowest BCUT2D eigenvalue weighted by Gasteiger charge is -2.14. The molecule has 1 aromatic heterocycles. The topological polar surface area (TPSA) is 143 Å². The number of aliphatic carboxylic acids is 2. The number of nitro groups is 1. The lowest BCUT2D eigenvalue weighted by atomic mass is 10.2. The van der Waals surface area contributed by atoms with Crippen LogP contribution >= 0.6 is 0 Å². The summed E-state index contributed by atoms with van der Waals surface area (Å²) in [4.78, 5) is 35.0. The number of pyridine rings is 1. The van der Waals surface area contributed by atoms with Gasteiger partial charge in [-0.05, 0) is 12.5 Å². The Kier molecular flexibility index (Phi) is 4.35. The van der Waals surface area contributed by atoms with E-state index in [0.717, 1.165) is 6.20 Å². The van der Waals surface area contributed by atoms with Gasteiger partial charge in [0.05, 0.1) is 11.3 Å². The zero-order chi connectivity index (χ0) is 14.6. The van der Waals surface area contributed by atoms with E-state index in [2.05, 4.69) is 10.3 Å². The molecule has 9 heteroatoms. The van der Waals surface area contributed by atoms with Gasteiger partial charge >= 0.3 is 11.9 Å². The molecule has 1 rings (SSSR count). The molecule has 102 valence electrons. The molecule has 0 radical (unpaired) electrons. The van der Waals surface area contributed by atoms with Crippen molar-refractivity contribution in [3.63, 3.8) is 0 Å². The minimum Gasteiger partial charge on any atom is -0.481 e. The summed E-state index contributed by atoms with van der Waals surface area (Å²) in [6.07, 6.45) is 0.336. The molecule has 0 saturated heterocycles. The van der Waals surface area contributed by atoms with Gasteiger partial charge in [0.2, 0.25) is 0 Å². The summed E-state index contributed by atoms with van der Waals surface area (Å²) in [6, 6.07) is -0.139. The van der Waals surface area contributed by atoms with Crippen LogP contribution in [0.25, 0.3) is 0 Å². The van der Waals surface area contributed by atoms with Crippen molar-refractivity contribution in [3.8, 4) is 0 Å². The summed E-state index contributed by atoms with van der Waals surface area (Å²) in [7, 11) is 0. The van der Waals surface area contributed by atoms with E-state index < -0.39 is 29.3 Å². The van der Waals surface area contributed by atoms with Crippen LogP contribution in [0.3, 0.4) is 0 Å². The van der Waals surface area contributed by atoms with Crippen LogP contribution < -0.4 is 5.32 Å². The minimum atomic E-state index is -1.36. The van der Waals surface area contributed by atoms with Crippen LogP contribution in [0, 0.1) is 17.0 Å². The second-order valence-corrected chi connectivity index (χ2v) is 3.75. The Morgan fingerprint density at radius 2 is 2.16 bits per heavy atom. The Bertz CT molecular complexity index is 530. The monoisotopic (exact) mass is 269 g/mol. The third-order valence-corrected chi connectivity index (χ3v) is 2.26. The number of nitrogens with zero attached hydrogens (tertiary/aromatic N) is 2. The SMILES string of the molecule is Cc1cc([N+](=O)[O-])cnc1NC(CC(=O)O)C(=O)O. The molecule has 0 aliphatic carbocycles. The summed E-state index contributed by atoms with van der Waals surface area (Å²) in [5, 5.41) is 30.4. The number of carbonyl (C=O) groups is 2. The van der Waals surface area contributed by atoms with E-state index in [9.17, 15) is 19.7 Å². The number of carboxylic acids is 2. The molecule has 0 bridgehead atoms. The number of hydrogen-bond donors (Lipinski definition) is 3. The molecule has 9 nitrogen and oxygen atoms in total. The Hall–Kier alpha value is -2.71. The highest BCUT2D eigenvalue weighted by molar-refractivity contribution is 5.83. The quantitative estimate of drug-likeness (QED) is 0.504. The van der Waals surface area contributed by atoms with Gasteiger partial charge in [-0.1, -0.05) is 0 Å². The van der Waals surface area contributed by atoms with Crippen molar-refractivity contribution in [2.24, 2.45) is 0 Å². The molecule has 1 atom stereocenters. The summed E-state index contributed by atoms with van der Waals surface area (Å²) in [5.41, 5.74) is 0.124. The van der Waals surface area contributed by atoms with Gasteiger partial charge in [0.15, 0.2) is 0 Å². The zero-order valence-corrected chi connectivity index (χ0v) is 9.86. The standard InChI is InChI=1S/C10H11N3O6/c1-5-2-6(13(18)19)4-11-9(5)12-7(10(16)17)3-8(14)15/h2,4,7H,3H2,1H3,(H,11,12)(H,14,15)(H,16,17). The highest BCUT2D eigenvalue weighted by Crippen LogP contribution is 2.19. The molecule has 0 amide bonds. The number of aromatic nitrogens is 1. The molecule has 0 aliphatic heterocycles. The van der Waals surface area contributed by atoms with Gasteiger partial charge in [0.25, 0.3) is 5.69 Å². The van der Waals surface area contributed by atoms with Crippen molar-refractivity contribution in [3.05, 3.63) is 27.9 Å². The van der Waals surface area contributed by atoms with E-state index in [1.807, 2.05) is 0 Å². The molecular weight excluding hydrogens is 258 g/mol. The first-order valence-corrected chi connectivity index (χ1v) is 5.13. The maximum absolute atomic E-state index is 10.9. The van der Waals surface area contributed by atoms with Crippen LogP contribution in [0.4, 0.5) is 11.5 Å². The van der Waals surface area contributed by atoms with Crippen molar-refractivity contribution >= 4 is 23.4 Å². The summed E-state index contributed by atoms with van der Waals surface area (Å²) < 4.78 is 0. The van der Waals surface area contributed by atoms with Crippen molar-refractivity contribution in [1.29, 1.82) is 0 Å². The van der Waals surface area contributed by atoms with E-state index in [1.165, 1.54) is 13.0 Å². The molecule has 19 heavy (non-hydrogen) atoms. The van der Waals surface area contributed by atoms with Gasteiger partial charge in [0, 0.05) is 6.07 Å². The maximum Gasteiger partial charge on any atom is 0.326 e. The second-order valence-electron chi connectivity index (χ2n) is 3.75. The molecule has 3 N–H and O–H groups in total. The van der Waals surface area contributed by atoms with E-state index in [1.54, 1.807) is 0 Å². The fraction of sp³-hybridized carbons (Fsp3) is 0.300. The van der Waals surface area contributed by atoms with Crippen LogP contribution in [0.5, 0.6) is 0 Å². The Labute approximate surface area is 107 Å². The summed E-state index contributed by atoms with van der Waals surface area (Å²) >= 11 is 0. The molecule has 1 unspecified atom stereocenters. The highest BCUT2D eigenvalue weighted by Gasteiger charge is 2.22. The normalized spacial score (nSPS) is 11.6. The predicted octanol–water partition coefficient (Wildman–Crippen LogP) is 0.638. The van der Waals surface area contributed by atoms with Crippen LogP contribution in [-0.2, 0) is 9.59 Å². The summed E-state index contributed by atoms with van der Waals surface area (Å²) in [5.74, 6) is -2.53. The maximum atomic E-state index is 10.9.